The number of fused-ring (bicyclic) bond motifs is 2. The number of hydrogen-bond acceptors (Lipinski definition) is 6. The van der Waals surface area contributed by atoms with Crippen LogP contribution in [0.5, 0.6) is 23.0 Å². The van der Waals surface area contributed by atoms with Gasteiger partial charge in [0.15, 0.2) is 23.0 Å². The SMILES string of the molecule is COc1cc(B(O)O)c(C)c2c1OCCC2.COc1cc(C)c(C)c2c1OCCC2. The van der Waals surface area contributed by atoms with Crippen LogP contribution >= 0.6 is 0 Å². The molecule has 2 aromatic carbocycles. The first-order valence-electron chi connectivity index (χ1n) is 10.4. The summed E-state index contributed by atoms with van der Waals surface area (Å²) in [5.74, 6) is 3.16. The van der Waals surface area contributed by atoms with E-state index in [4.69, 9.17) is 18.9 Å². The van der Waals surface area contributed by atoms with Gasteiger partial charge in [-0.2, -0.15) is 0 Å². The highest BCUT2D eigenvalue weighted by atomic mass is 16.5. The van der Waals surface area contributed by atoms with Gasteiger partial charge in [-0.15, -0.1) is 0 Å². The van der Waals surface area contributed by atoms with Gasteiger partial charge in [0, 0.05) is 11.1 Å². The topological polar surface area (TPSA) is 77.4 Å². The van der Waals surface area contributed by atoms with E-state index in [-0.39, 0.29) is 0 Å². The van der Waals surface area contributed by atoms with Gasteiger partial charge >= 0.3 is 7.12 Å². The molecule has 0 aliphatic carbocycles. The first-order chi connectivity index (χ1) is 14.4. The lowest BCUT2D eigenvalue weighted by molar-refractivity contribution is 0.268. The van der Waals surface area contributed by atoms with Crippen molar-refractivity contribution < 1.29 is 29.0 Å². The molecule has 0 radical (unpaired) electrons. The third kappa shape index (κ3) is 4.37. The van der Waals surface area contributed by atoms with Crippen molar-refractivity contribution in [2.45, 2.75) is 46.5 Å². The fourth-order valence-corrected chi connectivity index (χ4v) is 4.07. The van der Waals surface area contributed by atoms with Crippen molar-refractivity contribution >= 4 is 12.6 Å². The molecular formula is C23H31BO6. The molecule has 0 fully saturated rings. The number of aryl methyl sites for hydroxylation is 1. The molecule has 0 unspecified atom stereocenters. The molecule has 0 aromatic heterocycles. The number of methoxy groups -OCH3 is 2. The second-order valence-electron chi connectivity index (χ2n) is 7.71. The molecule has 0 saturated heterocycles. The molecule has 0 atom stereocenters. The van der Waals surface area contributed by atoms with Crippen molar-refractivity contribution in [1.29, 1.82) is 0 Å². The Morgan fingerprint density at radius 1 is 0.800 bits per heavy atom. The highest BCUT2D eigenvalue weighted by Gasteiger charge is 2.25. The molecule has 7 heteroatoms. The van der Waals surface area contributed by atoms with E-state index < -0.39 is 7.12 Å². The summed E-state index contributed by atoms with van der Waals surface area (Å²) >= 11 is 0. The maximum Gasteiger partial charge on any atom is 0.488 e. The molecule has 0 saturated carbocycles. The van der Waals surface area contributed by atoms with Crippen molar-refractivity contribution in [1.82, 2.24) is 0 Å². The molecule has 162 valence electrons. The lowest BCUT2D eigenvalue weighted by Gasteiger charge is -2.23. The van der Waals surface area contributed by atoms with Gasteiger partial charge in [-0.05, 0) is 80.7 Å². The van der Waals surface area contributed by atoms with E-state index in [9.17, 15) is 10.0 Å². The zero-order valence-electron chi connectivity index (χ0n) is 18.5. The average molecular weight is 414 g/mol. The fraction of sp³-hybridized carbons (Fsp3) is 0.478. The van der Waals surface area contributed by atoms with E-state index in [0.29, 0.717) is 17.8 Å². The highest BCUT2D eigenvalue weighted by Crippen LogP contribution is 2.38. The molecule has 0 bridgehead atoms. The van der Waals surface area contributed by atoms with Gasteiger partial charge in [0.05, 0.1) is 27.4 Å². The molecule has 2 aromatic rings. The van der Waals surface area contributed by atoms with Crippen molar-refractivity contribution in [2.24, 2.45) is 0 Å². The van der Waals surface area contributed by atoms with Crippen LogP contribution in [0.1, 0.15) is 40.7 Å². The summed E-state index contributed by atoms with van der Waals surface area (Å²) in [4.78, 5) is 0. The number of hydrogen-bond donors (Lipinski definition) is 2. The lowest BCUT2D eigenvalue weighted by atomic mass is 9.75. The highest BCUT2D eigenvalue weighted by molar-refractivity contribution is 6.59. The second kappa shape index (κ2) is 9.62. The number of benzene rings is 2. The molecule has 2 heterocycles. The Labute approximate surface area is 178 Å². The number of rotatable bonds is 3. The van der Waals surface area contributed by atoms with E-state index in [2.05, 4.69) is 19.9 Å². The van der Waals surface area contributed by atoms with Crippen molar-refractivity contribution in [2.75, 3.05) is 27.4 Å². The minimum Gasteiger partial charge on any atom is -0.493 e. The zero-order chi connectivity index (χ0) is 21.8. The Morgan fingerprint density at radius 2 is 1.30 bits per heavy atom. The molecule has 30 heavy (non-hydrogen) atoms. The Bertz CT molecular complexity index is 910. The van der Waals surface area contributed by atoms with Crippen LogP contribution in [0.15, 0.2) is 12.1 Å². The predicted molar refractivity (Wildman–Crippen MR) is 118 cm³/mol. The Hall–Kier alpha value is -2.38. The first-order valence-corrected chi connectivity index (χ1v) is 10.4. The predicted octanol–water partition coefficient (Wildman–Crippen LogP) is 2.65. The quantitative estimate of drug-likeness (QED) is 0.753. The van der Waals surface area contributed by atoms with Gasteiger partial charge in [0.1, 0.15) is 0 Å². The Morgan fingerprint density at radius 3 is 1.80 bits per heavy atom. The van der Waals surface area contributed by atoms with Crippen LogP contribution in [-0.4, -0.2) is 44.6 Å². The minimum atomic E-state index is -1.47. The maximum absolute atomic E-state index is 9.29. The molecular weight excluding hydrogens is 383 g/mol. The van der Waals surface area contributed by atoms with Crippen LogP contribution in [0.3, 0.4) is 0 Å². The van der Waals surface area contributed by atoms with Gasteiger partial charge in [0.25, 0.3) is 0 Å². The summed E-state index contributed by atoms with van der Waals surface area (Å²) < 4.78 is 21.8. The molecule has 0 amide bonds. The normalized spacial score (nSPS) is 14.2. The third-order valence-corrected chi connectivity index (χ3v) is 5.91. The van der Waals surface area contributed by atoms with E-state index in [1.54, 1.807) is 20.3 Å². The van der Waals surface area contributed by atoms with Crippen molar-refractivity contribution in [3.63, 3.8) is 0 Å². The van der Waals surface area contributed by atoms with E-state index >= 15 is 0 Å². The average Bonchev–Trinajstić information content (AvgIpc) is 2.77. The monoisotopic (exact) mass is 414 g/mol. The molecule has 2 aliphatic rings. The lowest BCUT2D eigenvalue weighted by Crippen LogP contribution is -2.33. The summed E-state index contributed by atoms with van der Waals surface area (Å²) in [5, 5.41) is 18.6. The van der Waals surface area contributed by atoms with Crippen LogP contribution in [0.25, 0.3) is 0 Å². The smallest absolute Gasteiger partial charge is 0.488 e. The number of ether oxygens (including phenoxy) is 4. The summed E-state index contributed by atoms with van der Waals surface area (Å²) in [6, 6.07) is 3.68. The van der Waals surface area contributed by atoms with Crippen LogP contribution in [-0.2, 0) is 12.8 Å². The van der Waals surface area contributed by atoms with Crippen LogP contribution in [0, 0.1) is 20.8 Å². The summed E-state index contributed by atoms with van der Waals surface area (Å²) in [5.41, 5.74) is 6.35. The second-order valence-corrected chi connectivity index (χ2v) is 7.71. The zero-order valence-corrected chi connectivity index (χ0v) is 18.5. The minimum absolute atomic E-state index is 0.487. The van der Waals surface area contributed by atoms with Crippen LogP contribution in [0.4, 0.5) is 0 Å². The molecule has 0 spiro atoms. The van der Waals surface area contributed by atoms with Crippen molar-refractivity contribution in [3.05, 3.63) is 39.9 Å². The van der Waals surface area contributed by atoms with Gasteiger partial charge < -0.3 is 29.0 Å². The first kappa shape index (κ1) is 22.3. The van der Waals surface area contributed by atoms with Gasteiger partial charge in [0.2, 0.25) is 0 Å². The maximum atomic E-state index is 9.29. The molecule has 6 nitrogen and oxygen atoms in total. The summed E-state index contributed by atoms with van der Waals surface area (Å²) in [7, 11) is 1.78. The Balaban J connectivity index is 0.000000172. The van der Waals surface area contributed by atoms with Crippen molar-refractivity contribution in [3.8, 4) is 23.0 Å². The Kier molecular flexibility index (Phi) is 7.16. The van der Waals surface area contributed by atoms with E-state index in [1.165, 1.54) is 16.7 Å². The fourth-order valence-electron chi connectivity index (χ4n) is 4.07. The van der Waals surface area contributed by atoms with Gasteiger partial charge in [-0.3, -0.25) is 0 Å². The summed E-state index contributed by atoms with van der Waals surface area (Å²) in [6.45, 7) is 7.65. The van der Waals surface area contributed by atoms with Crippen LogP contribution in [0.2, 0.25) is 0 Å². The van der Waals surface area contributed by atoms with Crippen LogP contribution < -0.4 is 24.4 Å². The standard InChI is InChI=1S/C12H16O2.C11H15BO4/c1-8-7-11(13-3)12-10(9(8)2)5-4-6-14-12;1-7-8-4-3-5-16-11(8)10(15-2)6-9(7)12(13)14/h7H,4-6H2,1-3H3;6,13-14H,3-5H2,1-2H3. The largest absolute Gasteiger partial charge is 0.493 e. The third-order valence-electron chi connectivity index (χ3n) is 5.91. The van der Waals surface area contributed by atoms with E-state index in [1.807, 2.05) is 6.92 Å². The van der Waals surface area contributed by atoms with Gasteiger partial charge in [-0.1, -0.05) is 0 Å². The molecule has 2 N–H and O–H groups in total. The summed E-state index contributed by atoms with van der Waals surface area (Å²) in [6.07, 6.45) is 4.06. The van der Waals surface area contributed by atoms with Gasteiger partial charge in [-0.25, -0.2) is 0 Å². The molecule has 4 rings (SSSR count). The van der Waals surface area contributed by atoms with E-state index in [0.717, 1.165) is 60.7 Å². The molecule has 2 aliphatic heterocycles.